The van der Waals surface area contributed by atoms with Crippen LogP contribution in [0, 0.1) is 13.8 Å². The van der Waals surface area contributed by atoms with Crippen molar-refractivity contribution in [1.82, 2.24) is 4.98 Å². The highest BCUT2D eigenvalue weighted by Gasteiger charge is 2.11. The van der Waals surface area contributed by atoms with Crippen LogP contribution in [-0.4, -0.2) is 23.8 Å². The number of hydrogen-bond acceptors (Lipinski definition) is 5. The summed E-state index contributed by atoms with van der Waals surface area (Å²) in [4.78, 5) is 17.8. The van der Waals surface area contributed by atoms with Gasteiger partial charge in [0.05, 0.1) is 12.9 Å². The molecule has 0 aliphatic carbocycles. The molecule has 0 fully saturated rings. The molecular formula is C22H22N2O3S. The molecular weight excluding hydrogens is 372 g/mol. The summed E-state index contributed by atoms with van der Waals surface area (Å²) < 4.78 is 11.0. The number of anilines is 1. The van der Waals surface area contributed by atoms with Crippen LogP contribution >= 0.6 is 11.8 Å². The maximum Gasteiger partial charge on any atom is 0.243 e. The van der Waals surface area contributed by atoms with E-state index in [1.165, 1.54) is 17.3 Å². The molecule has 1 amide bonds. The number of nitrogens with one attached hydrogen (secondary N) is 1. The van der Waals surface area contributed by atoms with Gasteiger partial charge in [-0.3, -0.25) is 4.79 Å². The number of rotatable bonds is 7. The highest BCUT2D eigenvalue weighted by molar-refractivity contribution is 8.00. The molecule has 0 saturated carbocycles. The zero-order chi connectivity index (χ0) is 19.9. The van der Waals surface area contributed by atoms with Crippen LogP contribution in [0.15, 0.2) is 65.7 Å². The number of carbonyl (C=O) groups excluding carboxylic acids is 1. The van der Waals surface area contributed by atoms with Gasteiger partial charge in [-0.25, -0.2) is 4.98 Å². The monoisotopic (exact) mass is 394 g/mol. The number of aryl methyl sites for hydroxylation is 2. The van der Waals surface area contributed by atoms with Crippen LogP contribution in [0.25, 0.3) is 0 Å². The molecule has 3 rings (SSSR count). The fraction of sp³-hybridized carbons (Fsp3) is 0.182. The standard InChI is InChI=1S/C22H22N2O3S/c1-15-6-7-16(2)20(13-15)28-14-21(25)24-19-5-4-12-23-22(19)27-18-10-8-17(26-3)9-11-18/h4-13H,14H2,1-3H3,(H,24,25). The lowest BCUT2D eigenvalue weighted by atomic mass is 10.2. The van der Waals surface area contributed by atoms with Crippen molar-refractivity contribution in [2.75, 3.05) is 18.2 Å². The second-order valence-electron chi connectivity index (χ2n) is 6.24. The van der Waals surface area contributed by atoms with E-state index in [-0.39, 0.29) is 5.91 Å². The number of methoxy groups -OCH3 is 1. The molecule has 0 spiro atoms. The summed E-state index contributed by atoms with van der Waals surface area (Å²) >= 11 is 1.52. The number of aromatic nitrogens is 1. The van der Waals surface area contributed by atoms with Gasteiger partial charge in [-0.1, -0.05) is 17.7 Å². The van der Waals surface area contributed by atoms with Gasteiger partial charge >= 0.3 is 0 Å². The molecule has 3 aromatic rings. The second-order valence-corrected chi connectivity index (χ2v) is 7.26. The second kappa shape index (κ2) is 9.28. The summed E-state index contributed by atoms with van der Waals surface area (Å²) in [5, 5.41) is 2.89. The number of thioether (sulfide) groups is 1. The Morgan fingerprint density at radius 2 is 1.82 bits per heavy atom. The summed E-state index contributed by atoms with van der Waals surface area (Å²) in [7, 11) is 1.61. The first kappa shape index (κ1) is 19.8. The van der Waals surface area contributed by atoms with Crippen LogP contribution in [0.3, 0.4) is 0 Å². The number of hydrogen-bond donors (Lipinski definition) is 1. The molecule has 6 heteroatoms. The van der Waals surface area contributed by atoms with Crippen molar-refractivity contribution in [2.24, 2.45) is 0 Å². The number of benzene rings is 2. The number of ether oxygens (including phenoxy) is 2. The third kappa shape index (κ3) is 5.27. The first-order valence-corrected chi connectivity index (χ1v) is 9.80. The molecule has 0 aliphatic heterocycles. The fourth-order valence-corrected chi connectivity index (χ4v) is 3.44. The Morgan fingerprint density at radius 1 is 1.07 bits per heavy atom. The Bertz CT molecular complexity index is 958. The number of carbonyl (C=O) groups is 1. The van der Waals surface area contributed by atoms with Crippen LogP contribution in [0.1, 0.15) is 11.1 Å². The Balaban J connectivity index is 1.65. The molecule has 0 unspecified atom stereocenters. The van der Waals surface area contributed by atoms with E-state index in [9.17, 15) is 4.79 Å². The van der Waals surface area contributed by atoms with Crippen molar-refractivity contribution in [3.05, 3.63) is 71.9 Å². The van der Waals surface area contributed by atoms with Crippen LogP contribution in [0.4, 0.5) is 5.69 Å². The lowest BCUT2D eigenvalue weighted by molar-refractivity contribution is -0.113. The molecule has 2 aromatic carbocycles. The smallest absolute Gasteiger partial charge is 0.243 e. The van der Waals surface area contributed by atoms with Crippen LogP contribution in [0.2, 0.25) is 0 Å². The SMILES string of the molecule is COc1ccc(Oc2ncccc2NC(=O)CSc2cc(C)ccc2C)cc1. The molecule has 1 heterocycles. The summed E-state index contributed by atoms with van der Waals surface area (Å²) in [5.74, 6) is 1.89. The lowest BCUT2D eigenvalue weighted by Gasteiger charge is -2.12. The zero-order valence-electron chi connectivity index (χ0n) is 16.1. The largest absolute Gasteiger partial charge is 0.497 e. The van der Waals surface area contributed by atoms with Crippen molar-refractivity contribution < 1.29 is 14.3 Å². The number of pyridine rings is 1. The van der Waals surface area contributed by atoms with Gasteiger partial charge in [0.1, 0.15) is 17.2 Å². The van der Waals surface area contributed by atoms with Gasteiger partial charge in [-0.05, 0) is 61.9 Å². The molecule has 1 aromatic heterocycles. The first-order chi connectivity index (χ1) is 13.5. The Morgan fingerprint density at radius 3 is 2.57 bits per heavy atom. The summed E-state index contributed by atoms with van der Waals surface area (Å²) in [6.07, 6.45) is 1.62. The van der Waals surface area contributed by atoms with Gasteiger partial charge in [-0.15, -0.1) is 11.8 Å². The predicted molar refractivity (Wildman–Crippen MR) is 113 cm³/mol. The van der Waals surface area contributed by atoms with Gasteiger partial charge in [0.2, 0.25) is 11.8 Å². The van der Waals surface area contributed by atoms with Crippen molar-refractivity contribution >= 4 is 23.4 Å². The van der Waals surface area contributed by atoms with E-state index in [2.05, 4.69) is 28.5 Å². The van der Waals surface area contributed by atoms with Gasteiger partial charge in [0.25, 0.3) is 0 Å². The zero-order valence-corrected chi connectivity index (χ0v) is 16.9. The summed E-state index contributed by atoms with van der Waals surface area (Å²) in [5.41, 5.74) is 2.87. The number of amides is 1. The van der Waals surface area contributed by atoms with E-state index in [0.717, 1.165) is 16.2 Å². The van der Waals surface area contributed by atoms with E-state index in [1.807, 2.05) is 13.8 Å². The fourth-order valence-electron chi connectivity index (χ4n) is 2.52. The third-order valence-electron chi connectivity index (χ3n) is 4.02. The van der Waals surface area contributed by atoms with Crippen molar-refractivity contribution in [3.8, 4) is 17.4 Å². The Labute approximate surface area is 169 Å². The maximum absolute atomic E-state index is 12.4. The van der Waals surface area contributed by atoms with E-state index < -0.39 is 0 Å². The van der Waals surface area contributed by atoms with Gasteiger partial charge in [0.15, 0.2) is 0 Å². The Hall–Kier alpha value is -2.99. The molecule has 1 N–H and O–H groups in total. The normalized spacial score (nSPS) is 10.4. The highest BCUT2D eigenvalue weighted by Crippen LogP contribution is 2.29. The van der Waals surface area contributed by atoms with E-state index in [4.69, 9.17) is 9.47 Å². The third-order valence-corrected chi connectivity index (χ3v) is 5.18. The summed E-state index contributed by atoms with van der Waals surface area (Å²) in [6, 6.07) is 16.9. The molecule has 0 radical (unpaired) electrons. The van der Waals surface area contributed by atoms with Crippen LogP contribution < -0.4 is 14.8 Å². The molecule has 0 bridgehead atoms. The summed E-state index contributed by atoms with van der Waals surface area (Å²) in [6.45, 7) is 4.09. The molecule has 0 saturated heterocycles. The maximum atomic E-state index is 12.4. The topological polar surface area (TPSA) is 60.5 Å². The van der Waals surface area contributed by atoms with Crippen LogP contribution in [-0.2, 0) is 4.79 Å². The minimum atomic E-state index is -0.113. The average molecular weight is 394 g/mol. The van der Waals surface area contributed by atoms with E-state index in [0.29, 0.717) is 23.1 Å². The van der Waals surface area contributed by atoms with Gasteiger partial charge in [-0.2, -0.15) is 0 Å². The van der Waals surface area contributed by atoms with Gasteiger partial charge < -0.3 is 14.8 Å². The molecule has 0 atom stereocenters. The predicted octanol–water partition coefficient (Wildman–Crippen LogP) is 5.23. The Kier molecular flexibility index (Phi) is 6.55. The van der Waals surface area contributed by atoms with E-state index in [1.54, 1.807) is 49.7 Å². The lowest BCUT2D eigenvalue weighted by Crippen LogP contribution is -2.15. The molecule has 0 aliphatic rings. The van der Waals surface area contributed by atoms with E-state index >= 15 is 0 Å². The minimum Gasteiger partial charge on any atom is -0.497 e. The van der Waals surface area contributed by atoms with Crippen molar-refractivity contribution in [2.45, 2.75) is 18.7 Å². The van der Waals surface area contributed by atoms with Gasteiger partial charge in [0, 0.05) is 11.1 Å². The molecule has 144 valence electrons. The average Bonchev–Trinajstić information content (AvgIpc) is 2.71. The van der Waals surface area contributed by atoms with Crippen molar-refractivity contribution in [3.63, 3.8) is 0 Å². The number of nitrogens with zero attached hydrogens (tertiary/aromatic N) is 1. The van der Waals surface area contributed by atoms with Crippen molar-refractivity contribution in [1.29, 1.82) is 0 Å². The van der Waals surface area contributed by atoms with Crippen LogP contribution in [0.5, 0.6) is 17.4 Å². The molecule has 28 heavy (non-hydrogen) atoms. The first-order valence-electron chi connectivity index (χ1n) is 8.82. The minimum absolute atomic E-state index is 0.113. The molecule has 5 nitrogen and oxygen atoms in total. The highest BCUT2D eigenvalue weighted by atomic mass is 32.2. The quantitative estimate of drug-likeness (QED) is 0.556.